The van der Waals surface area contributed by atoms with Gasteiger partial charge in [-0.3, -0.25) is 4.57 Å². The summed E-state index contributed by atoms with van der Waals surface area (Å²) in [6.45, 7) is -0.221. The lowest BCUT2D eigenvalue weighted by molar-refractivity contribution is 0.0240. The molecule has 0 spiro atoms. The second-order valence-corrected chi connectivity index (χ2v) is 3.71. The summed E-state index contributed by atoms with van der Waals surface area (Å²) >= 11 is 0. The number of aromatic nitrogens is 4. The standard InChI is InChI=1S/C10H11N7O2/c11-16-15-5-8(18)9(19)7-3-13-10(14-4-7)17-2-1-12-6-17/h1-4,6,8-9,18-19H,5H2. The third-order valence-corrected chi connectivity index (χ3v) is 2.43. The van der Waals surface area contributed by atoms with Gasteiger partial charge in [0.1, 0.15) is 12.4 Å². The molecule has 98 valence electrons. The van der Waals surface area contributed by atoms with E-state index in [-0.39, 0.29) is 6.54 Å². The summed E-state index contributed by atoms with van der Waals surface area (Å²) < 4.78 is 1.60. The molecule has 9 nitrogen and oxygen atoms in total. The molecule has 0 saturated carbocycles. The predicted octanol–water partition coefficient (Wildman–Crippen LogP) is 0.367. The molecular formula is C10H11N7O2. The Kier molecular flexibility index (Phi) is 4.04. The van der Waals surface area contributed by atoms with E-state index in [1.807, 2.05) is 0 Å². The third-order valence-electron chi connectivity index (χ3n) is 2.43. The van der Waals surface area contributed by atoms with Gasteiger partial charge in [-0.1, -0.05) is 5.11 Å². The monoisotopic (exact) mass is 261 g/mol. The number of imidazole rings is 1. The maximum Gasteiger partial charge on any atom is 0.234 e. The molecule has 0 fully saturated rings. The summed E-state index contributed by atoms with van der Waals surface area (Å²) in [5.41, 5.74) is 8.48. The van der Waals surface area contributed by atoms with Gasteiger partial charge in [-0.2, -0.15) is 0 Å². The number of aliphatic hydroxyl groups excluding tert-OH is 2. The van der Waals surface area contributed by atoms with Crippen LogP contribution in [0, 0.1) is 0 Å². The minimum Gasteiger partial charge on any atom is -0.390 e. The molecule has 19 heavy (non-hydrogen) atoms. The zero-order valence-electron chi connectivity index (χ0n) is 9.77. The van der Waals surface area contributed by atoms with Crippen molar-refractivity contribution in [3.63, 3.8) is 0 Å². The molecule has 0 bridgehead atoms. The molecule has 2 aromatic rings. The van der Waals surface area contributed by atoms with Gasteiger partial charge in [-0.25, -0.2) is 15.0 Å². The van der Waals surface area contributed by atoms with Crippen LogP contribution in [0.5, 0.6) is 0 Å². The highest BCUT2D eigenvalue weighted by Crippen LogP contribution is 2.16. The summed E-state index contributed by atoms with van der Waals surface area (Å²) in [7, 11) is 0. The largest absolute Gasteiger partial charge is 0.390 e. The molecule has 9 heteroatoms. The first kappa shape index (κ1) is 13.0. The first-order valence-corrected chi connectivity index (χ1v) is 5.39. The van der Waals surface area contributed by atoms with Crippen LogP contribution in [0.1, 0.15) is 11.7 Å². The number of hydrogen-bond acceptors (Lipinski definition) is 6. The topological polar surface area (TPSA) is 133 Å². The van der Waals surface area contributed by atoms with Crippen LogP contribution in [0.3, 0.4) is 0 Å². The minimum absolute atomic E-state index is 0.221. The Morgan fingerprint density at radius 3 is 2.68 bits per heavy atom. The summed E-state index contributed by atoms with van der Waals surface area (Å²) in [4.78, 5) is 14.5. The summed E-state index contributed by atoms with van der Waals surface area (Å²) in [5, 5.41) is 22.6. The highest BCUT2D eigenvalue weighted by atomic mass is 16.3. The van der Waals surface area contributed by atoms with Gasteiger partial charge in [-0.15, -0.1) is 0 Å². The van der Waals surface area contributed by atoms with Crippen LogP contribution in [0.15, 0.2) is 36.2 Å². The van der Waals surface area contributed by atoms with E-state index < -0.39 is 12.2 Å². The van der Waals surface area contributed by atoms with E-state index in [4.69, 9.17) is 5.53 Å². The average molecular weight is 261 g/mol. The van der Waals surface area contributed by atoms with E-state index in [2.05, 4.69) is 25.0 Å². The van der Waals surface area contributed by atoms with Crippen molar-refractivity contribution in [2.45, 2.75) is 12.2 Å². The fourth-order valence-corrected chi connectivity index (χ4v) is 1.44. The zero-order valence-corrected chi connectivity index (χ0v) is 9.77. The van der Waals surface area contributed by atoms with Gasteiger partial charge < -0.3 is 10.2 Å². The van der Waals surface area contributed by atoms with Crippen LogP contribution in [0.25, 0.3) is 16.4 Å². The van der Waals surface area contributed by atoms with Crippen LogP contribution >= 0.6 is 0 Å². The highest BCUT2D eigenvalue weighted by Gasteiger charge is 2.18. The van der Waals surface area contributed by atoms with E-state index >= 15 is 0 Å². The zero-order chi connectivity index (χ0) is 13.7. The Labute approximate surface area is 107 Å². The van der Waals surface area contributed by atoms with E-state index in [1.54, 1.807) is 23.3 Å². The lowest BCUT2D eigenvalue weighted by atomic mass is 10.1. The number of hydrogen-bond donors (Lipinski definition) is 2. The van der Waals surface area contributed by atoms with Crippen molar-refractivity contribution in [3.05, 3.63) is 47.1 Å². The van der Waals surface area contributed by atoms with Gasteiger partial charge in [0.25, 0.3) is 0 Å². The molecule has 0 aliphatic carbocycles. The van der Waals surface area contributed by atoms with E-state index in [9.17, 15) is 10.2 Å². The number of azide groups is 1. The Hall–Kier alpha value is -2.48. The molecule has 2 heterocycles. The van der Waals surface area contributed by atoms with Crippen LogP contribution in [0.4, 0.5) is 0 Å². The Balaban J connectivity index is 2.11. The Morgan fingerprint density at radius 1 is 1.37 bits per heavy atom. The maximum absolute atomic E-state index is 9.80. The van der Waals surface area contributed by atoms with Crippen molar-refractivity contribution in [2.24, 2.45) is 5.11 Å². The van der Waals surface area contributed by atoms with Crippen molar-refractivity contribution in [2.75, 3.05) is 6.54 Å². The second kappa shape index (κ2) is 5.91. The lowest BCUT2D eigenvalue weighted by Crippen LogP contribution is -2.21. The lowest BCUT2D eigenvalue weighted by Gasteiger charge is -2.15. The first-order chi connectivity index (χ1) is 9.22. The molecule has 2 aromatic heterocycles. The molecule has 2 unspecified atom stereocenters. The Bertz CT molecular complexity index is 562. The van der Waals surface area contributed by atoms with Crippen molar-refractivity contribution in [3.8, 4) is 5.95 Å². The van der Waals surface area contributed by atoms with E-state index in [1.165, 1.54) is 12.4 Å². The SMILES string of the molecule is [N-]=[N+]=NCC(O)C(O)c1cnc(-n2ccnc2)nc1. The highest BCUT2D eigenvalue weighted by molar-refractivity contribution is 5.17. The van der Waals surface area contributed by atoms with Gasteiger partial charge in [0.2, 0.25) is 5.95 Å². The van der Waals surface area contributed by atoms with E-state index in [0.717, 1.165) is 0 Å². The fourth-order valence-electron chi connectivity index (χ4n) is 1.44. The van der Waals surface area contributed by atoms with Crippen LogP contribution in [0.2, 0.25) is 0 Å². The second-order valence-electron chi connectivity index (χ2n) is 3.71. The molecular weight excluding hydrogens is 250 g/mol. The van der Waals surface area contributed by atoms with Crippen LogP contribution in [-0.2, 0) is 0 Å². The minimum atomic E-state index is -1.21. The first-order valence-electron chi connectivity index (χ1n) is 5.39. The molecule has 0 aliphatic rings. The molecule has 0 radical (unpaired) electrons. The average Bonchev–Trinajstić information content (AvgIpc) is 2.98. The summed E-state index contributed by atoms with van der Waals surface area (Å²) in [5.74, 6) is 0.401. The van der Waals surface area contributed by atoms with Crippen molar-refractivity contribution < 1.29 is 10.2 Å². The van der Waals surface area contributed by atoms with Crippen molar-refractivity contribution >= 4 is 0 Å². The fraction of sp³-hybridized carbons (Fsp3) is 0.300. The maximum atomic E-state index is 9.80. The van der Waals surface area contributed by atoms with Crippen molar-refractivity contribution in [1.29, 1.82) is 0 Å². The van der Waals surface area contributed by atoms with Crippen LogP contribution < -0.4 is 0 Å². The normalized spacial score (nSPS) is 13.6. The number of nitrogens with zero attached hydrogens (tertiary/aromatic N) is 7. The summed E-state index contributed by atoms with van der Waals surface area (Å²) in [6.07, 6.45) is 5.21. The van der Waals surface area contributed by atoms with Crippen molar-refractivity contribution in [1.82, 2.24) is 19.5 Å². The van der Waals surface area contributed by atoms with E-state index in [0.29, 0.717) is 11.5 Å². The van der Waals surface area contributed by atoms with Gasteiger partial charge in [-0.05, 0) is 5.53 Å². The Morgan fingerprint density at radius 2 is 2.11 bits per heavy atom. The molecule has 2 N–H and O–H groups in total. The molecule has 0 aliphatic heterocycles. The summed E-state index contributed by atoms with van der Waals surface area (Å²) in [6, 6.07) is 0. The van der Waals surface area contributed by atoms with Gasteiger partial charge in [0, 0.05) is 35.3 Å². The molecule has 2 atom stereocenters. The van der Waals surface area contributed by atoms with Gasteiger partial charge in [0.15, 0.2) is 0 Å². The molecule has 0 aromatic carbocycles. The smallest absolute Gasteiger partial charge is 0.234 e. The quantitative estimate of drug-likeness (QED) is 0.455. The van der Waals surface area contributed by atoms with Gasteiger partial charge in [0.05, 0.1) is 12.6 Å². The molecule has 0 saturated heterocycles. The molecule has 2 rings (SSSR count). The number of aliphatic hydroxyl groups is 2. The molecule has 0 amide bonds. The predicted molar refractivity (Wildman–Crippen MR) is 64.1 cm³/mol. The van der Waals surface area contributed by atoms with Gasteiger partial charge >= 0.3 is 0 Å². The third kappa shape index (κ3) is 3.05. The number of rotatable bonds is 5. The van der Waals surface area contributed by atoms with Crippen LogP contribution in [-0.4, -0.2) is 42.4 Å².